The van der Waals surface area contributed by atoms with Gasteiger partial charge in [0.2, 0.25) is 0 Å². The van der Waals surface area contributed by atoms with Crippen molar-refractivity contribution < 1.29 is 0 Å². The summed E-state index contributed by atoms with van der Waals surface area (Å²) in [5, 5.41) is 12.8. The Hall–Kier alpha value is -0.590. The van der Waals surface area contributed by atoms with E-state index in [2.05, 4.69) is 30.1 Å². The molecular weight excluding hydrogens is 210 g/mol. The Morgan fingerprint density at radius 1 is 1.35 bits per heavy atom. The maximum Gasteiger partial charge on any atom is 0.122 e. The van der Waals surface area contributed by atoms with Crippen LogP contribution in [-0.2, 0) is 0 Å². The molecule has 0 aromatic carbocycles. The first kappa shape index (κ1) is 12.9. The fourth-order valence-corrected chi connectivity index (χ4v) is 2.74. The van der Waals surface area contributed by atoms with Crippen molar-refractivity contribution in [3.8, 4) is 6.07 Å². The van der Waals surface area contributed by atoms with Crippen molar-refractivity contribution in [3.05, 3.63) is 0 Å². The third-order valence-corrected chi connectivity index (χ3v) is 4.04. The van der Waals surface area contributed by atoms with E-state index in [1.54, 1.807) is 0 Å². The van der Waals surface area contributed by atoms with Crippen LogP contribution in [0.5, 0.6) is 0 Å². The Morgan fingerprint density at radius 2 is 2.00 bits per heavy atom. The second kappa shape index (κ2) is 4.96. The minimum Gasteiger partial charge on any atom is -0.301 e. The van der Waals surface area contributed by atoms with Crippen LogP contribution in [0.15, 0.2) is 0 Å². The van der Waals surface area contributed by atoms with E-state index >= 15 is 0 Å². The highest BCUT2D eigenvalue weighted by atomic mass is 15.2. The molecule has 2 saturated carbocycles. The molecule has 0 aromatic heterocycles. The van der Waals surface area contributed by atoms with Gasteiger partial charge < -0.3 is 5.32 Å². The van der Waals surface area contributed by atoms with Gasteiger partial charge in [0.05, 0.1) is 6.07 Å². The summed E-state index contributed by atoms with van der Waals surface area (Å²) in [5.74, 6) is 1.26. The van der Waals surface area contributed by atoms with Crippen molar-refractivity contribution in [1.82, 2.24) is 10.2 Å². The van der Waals surface area contributed by atoms with E-state index in [9.17, 15) is 5.26 Å². The van der Waals surface area contributed by atoms with E-state index < -0.39 is 0 Å². The van der Waals surface area contributed by atoms with Crippen molar-refractivity contribution in [2.45, 2.75) is 51.1 Å². The fourth-order valence-electron chi connectivity index (χ4n) is 2.74. The smallest absolute Gasteiger partial charge is 0.122 e. The van der Waals surface area contributed by atoms with Crippen molar-refractivity contribution in [2.75, 3.05) is 20.1 Å². The second-order valence-corrected chi connectivity index (χ2v) is 6.16. The maximum absolute atomic E-state index is 9.53. The molecule has 2 aliphatic carbocycles. The highest BCUT2D eigenvalue weighted by Gasteiger charge is 2.47. The molecule has 1 unspecified atom stereocenters. The van der Waals surface area contributed by atoms with Crippen LogP contribution in [0.4, 0.5) is 0 Å². The molecule has 2 aliphatic rings. The van der Waals surface area contributed by atoms with Gasteiger partial charge in [0, 0.05) is 19.1 Å². The summed E-state index contributed by atoms with van der Waals surface area (Å²) in [6.45, 7) is 6.57. The Balaban J connectivity index is 2.01. The van der Waals surface area contributed by atoms with E-state index in [0.717, 1.165) is 19.1 Å². The molecule has 0 amide bonds. The molecule has 1 N–H and O–H groups in total. The van der Waals surface area contributed by atoms with E-state index in [4.69, 9.17) is 0 Å². The van der Waals surface area contributed by atoms with E-state index in [0.29, 0.717) is 11.8 Å². The van der Waals surface area contributed by atoms with Crippen LogP contribution in [0.25, 0.3) is 0 Å². The van der Waals surface area contributed by atoms with Crippen LogP contribution in [0, 0.1) is 23.2 Å². The van der Waals surface area contributed by atoms with Crippen LogP contribution in [-0.4, -0.2) is 36.6 Å². The van der Waals surface area contributed by atoms with Crippen molar-refractivity contribution in [2.24, 2.45) is 11.8 Å². The molecule has 0 aliphatic heterocycles. The highest BCUT2D eigenvalue weighted by molar-refractivity contribution is 5.16. The number of nitriles is 1. The van der Waals surface area contributed by atoms with Gasteiger partial charge in [-0.05, 0) is 44.6 Å². The molecule has 2 fully saturated rings. The number of likely N-dealkylation sites (N-methyl/N-ethyl adjacent to an activating group) is 1. The largest absolute Gasteiger partial charge is 0.301 e. The highest BCUT2D eigenvalue weighted by Crippen LogP contribution is 2.41. The molecule has 0 spiro atoms. The van der Waals surface area contributed by atoms with Crippen LogP contribution < -0.4 is 5.32 Å². The number of hydrogen-bond acceptors (Lipinski definition) is 3. The molecule has 17 heavy (non-hydrogen) atoms. The minimum absolute atomic E-state index is 0.294. The predicted molar refractivity (Wildman–Crippen MR) is 69.6 cm³/mol. The van der Waals surface area contributed by atoms with Crippen molar-refractivity contribution >= 4 is 0 Å². The Morgan fingerprint density at radius 3 is 2.35 bits per heavy atom. The fraction of sp³-hybridized carbons (Fsp3) is 0.929. The molecule has 1 atom stereocenters. The first-order valence-electron chi connectivity index (χ1n) is 6.95. The quantitative estimate of drug-likeness (QED) is 0.733. The summed E-state index contributed by atoms with van der Waals surface area (Å²) in [4.78, 5) is 2.54. The van der Waals surface area contributed by atoms with E-state index in [1.165, 1.54) is 25.7 Å². The number of hydrogen-bond donors (Lipinski definition) is 1. The second-order valence-electron chi connectivity index (χ2n) is 6.16. The van der Waals surface area contributed by atoms with Crippen molar-refractivity contribution in [3.63, 3.8) is 0 Å². The zero-order chi connectivity index (χ0) is 12.5. The molecular formula is C14H25N3. The van der Waals surface area contributed by atoms with Gasteiger partial charge in [-0.15, -0.1) is 0 Å². The molecule has 0 heterocycles. The van der Waals surface area contributed by atoms with Gasteiger partial charge in [-0.2, -0.15) is 5.26 Å². The maximum atomic E-state index is 9.53. The minimum atomic E-state index is -0.294. The van der Waals surface area contributed by atoms with E-state index in [1.807, 2.05) is 7.05 Å². The van der Waals surface area contributed by atoms with Crippen LogP contribution in [0.1, 0.15) is 39.5 Å². The number of nitrogens with zero attached hydrogens (tertiary/aromatic N) is 2. The lowest BCUT2D eigenvalue weighted by molar-refractivity contribution is 0.176. The first-order chi connectivity index (χ1) is 8.11. The monoisotopic (exact) mass is 235 g/mol. The first-order valence-corrected chi connectivity index (χ1v) is 6.95. The average molecular weight is 235 g/mol. The van der Waals surface area contributed by atoms with Crippen LogP contribution in [0.2, 0.25) is 0 Å². The molecule has 0 saturated heterocycles. The lowest BCUT2D eigenvalue weighted by Gasteiger charge is -2.34. The van der Waals surface area contributed by atoms with Gasteiger partial charge in [0.1, 0.15) is 5.54 Å². The van der Waals surface area contributed by atoms with E-state index in [-0.39, 0.29) is 5.54 Å². The summed E-state index contributed by atoms with van der Waals surface area (Å²) >= 11 is 0. The normalized spacial score (nSPS) is 23.8. The predicted octanol–water partition coefficient (Wildman–Crippen LogP) is 2.00. The number of rotatable bonds is 7. The molecule has 3 heteroatoms. The molecule has 0 aromatic rings. The SMILES string of the molecule is CNC(C#N)(CN(CC(C)C)C1CC1)C1CC1. The van der Waals surface area contributed by atoms with Crippen molar-refractivity contribution in [1.29, 1.82) is 5.26 Å². The Labute approximate surface area is 105 Å². The molecule has 0 bridgehead atoms. The molecule has 96 valence electrons. The lowest BCUT2D eigenvalue weighted by atomic mass is 9.94. The van der Waals surface area contributed by atoms with Gasteiger partial charge in [0.15, 0.2) is 0 Å². The third kappa shape index (κ3) is 3.00. The lowest BCUT2D eigenvalue weighted by Crippen LogP contribution is -2.54. The summed E-state index contributed by atoms with van der Waals surface area (Å²) < 4.78 is 0. The summed E-state index contributed by atoms with van der Waals surface area (Å²) in [6.07, 6.45) is 5.08. The van der Waals surface area contributed by atoms with Gasteiger partial charge in [-0.25, -0.2) is 0 Å². The summed E-state index contributed by atoms with van der Waals surface area (Å²) in [7, 11) is 1.95. The third-order valence-electron chi connectivity index (χ3n) is 4.04. The van der Waals surface area contributed by atoms with Gasteiger partial charge >= 0.3 is 0 Å². The standard InChI is InChI=1S/C14H25N3/c1-11(2)8-17(13-6-7-13)10-14(9-15,16-3)12-4-5-12/h11-13,16H,4-8,10H2,1-3H3. The Kier molecular flexibility index (Phi) is 3.75. The topological polar surface area (TPSA) is 39.1 Å². The van der Waals surface area contributed by atoms with Gasteiger partial charge in [-0.3, -0.25) is 4.90 Å². The van der Waals surface area contributed by atoms with Gasteiger partial charge in [0.25, 0.3) is 0 Å². The average Bonchev–Trinajstić information content (AvgIpc) is 3.17. The van der Waals surface area contributed by atoms with Crippen LogP contribution in [0.3, 0.4) is 0 Å². The molecule has 0 radical (unpaired) electrons. The van der Waals surface area contributed by atoms with Gasteiger partial charge in [-0.1, -0.05) is 13.8 Å². The zero-order valence-electron chi connectivity index (χ0n) is 11.4. The molecule has 2 rings (SSSR count). The Bertz CT molecular complexity index is 299. The zero-order valence-corrected chi connectivity index (χ0v) is 11.4. The molecule has 3 nitrogen and oxygen atoms in total. The summed E-state index contributed by atoms with van der Waals surface area (Å²) in [5.41, 5.74) is -0.294. The summed E-state index contributed by atoms with van der Waals surface area (Å²) in [6, 6.07) is 3.31. The van der Waals surface area contributed by atoms with Crippen LogP contribution >= 0.6 is 0 Å². The number of nitrogens with one attached hydrogen (secondary N) is 1.